The van der Waals surface area contributed by atoms with Gasteiger partial charge in [-0.2, -0.15) is 0 Å². The van der Waals surface area contributed by atoms with Gasteiger partial charge in [0.2, 0.25) is 0 Å². The van der Waals surface area contributed by atoms with Crippen molar-refractivity contribution in [2.75, 3.05) is 5.32 Å². The summed E-state index contributed by atoms with van der Waals surface area (Å²) in [5.41, 5.74) is 0.877. The van der Waals surface area contributed by atoms with Crippen LogP contribution in [0, 0.1) is 0 Å². The van der Waals surface area contributed by atoms with Crippen LogP contribution in [0.25, 0.3) is 0 Å². The van der Waals surface area contributed by atoms with Gasteiger partial charge in [0.05, 0.1) is 5.56 Å². The fourth-order valence-corrected chi connectivity index (χ4v) is 1.92. The number of phenols is 1. The van der Waals surface area contributed by atoms with Gasteiger partial charge in [-0.15, -0.1) is 0 Å². The minimum atomic E-state index is -0.940. The first-order valence-corrected chi connectivity index (χ1v) is 7.31. The average molecular weight is 364 g/mol. The van der Waals surface area contributed by atoms with Crippen molar-refractivity contribution in [2.45, 2.75) is 13.0 Å². The number of anilines is 1. The van der Waals surface area contributed by atoms with Gasteiger partial charge in [-0.1, -0.05) is 15.9 Å². The summed E-state index contributed by atoms with van der Waals surface area (Å²) in [7, 11) is 0. The Labute approximate surface area is 136 Å². The first kappa shape index (κ1) is 16.0. The fourth-order valence-electron chi connectivity index (χ4n) is 1.66. The summed E-state index contributed by atoms with van der Waals surface area (Å²) in [5.74, 6) is -0.995. The van der Waals surface area contributed by atoms with Gasteiger partial charge >= 0.3 is 5.97 Å². The van der Waals surface area contributed by atoms with E-state index in [1.807, 2.05) is 0 Å². The summed E-state index contributed by atoms with van der Waals surface area (Å²) in [6.45, 7) is 1.49. The van der Waals surface area contributed by atoms with Crippen LogP contribution < -0.4 is 5.32 Å². The molecule has 6 heteroatoms. The van der Waals surface area contributed by atoms with E-state index in [1.54, 1.807) is 24.3 Å². The van der Waals surface area contributed by atoms with Gasteiger partial charge in [-0.3, -0.25) is 4.79 Å². The molecule has 2 aromatic rings. The zero-order valence-corrected chi connectivity index (χ0v) is 13.3. The lowest BCUT2D eigenvalue weighted by molar-refractivity contribution is -0.123. The van der Waals surface area contributed by atoms with Crippen LogP contribution in [-0.4, -0.2) is 23.1 Å². The quantitative estimate of drug-likeness (QED) is 0.816. The third-order valence-corrected chi connectivity index (χ3v) is 3.40. The minimum Gasteiger partial charge on any atom is -0.508 e. The molecule has 1 amide bonds. The molecule has 0 fully saturated rings. The van der Waals surface area contributed by atoms with Gasteiger partial charge in [-0.25, -0.2) is 4.79 Å². The molecule has 5 nitrogen and oxygen atoms in total. The van der Waals surface area contributed by atoms with Crippen LogP contribution in [0.15, 0.2) is 53.0 Å². The maximum Gasteiger partial charge on any atom is 0.338 e. The lowest BCUT2D eigenvalue weighted by Crippen LogP contribution is -2.29. The summed E-state index contributed by atoms with van der Waals surface area (Å²) < 4.78 is 5.99. The average Bonchev–Trinajstić information content (AvgIpc) is 2.50. The predicted molar refractivity (Wildman–Crippen MR) is 85.8 cm³/mol. The van der Waals surface area contributed by atoms with E-state index in [0.29, 0.717) is 5.69 Å². The zero-order valence-electron chi connectivity index (χ0n) is 11.7. The van der Waals surface area contributed by atoms with Crippen LogP contribution in [0.3, 0.4) is 0 Å². The Morgan fingerprint density at radius 3 is 2.27 bits per heavy atom. The van der Waals surface area contributed by atoms with Crippen molar-refractivity contribution in [3.05, 3.63) is 58.6 Å². The Morgan fingerprint density at radius 2 is 1.68 bits per heavy atom. The summed E-state index contributed by atoms with van der Waals surface area (Å²) in [6.07, 6.45) is -0.940. The zero-order chi connectivity index (χ0) is 16.1. The molecule has 1 atom stereocenters. The fraction of sp³-hybridized carbons (Fsp3) is 0.125. The third kappa shape index (κ3) is 4.33. The second-order valence-corrected chi connectivity index (χ2v) is 5.51. The number of esters is 1. The Balaban J connectivity index is 1.94. The summed E-state index contributed by atoms with van der Waals surface area (Å²) >= 11 is 3.30. The van der Waals surface area contributed by atoms with Crippen LogP contribution in [0.5, 0.6) is 5.75 Å². The topological polar surface area (TPSA) is 75.6 Å². The van der Waals surface area contributed by atoms with Crippen LogP contribution in [0.4, 0.5) is 5.69 Å². The molecule has 0 saturated carbocycles. The normalized spacial score (nSPS) is 11.5. The highest BCUT2D eigenvalue weighted by Gasteiger charge is 2.19. The van der Waals surface area contributed by atoms with E-state index in [4.69, 9.17) is 4.74 Å². The molecule has 2 aromatic carbocycles. The third-order valence-electron chi connectivity index (χ3n) is 2.87. The molecule has 22 heavy (non-hydrogen) atoms. The van der Waals surface area contributed by atoms with Gasteiger partial charge in [0.15, 0.2) is 6.10 Å². The number of phenolic OH excluding ortho intramolecular Hbond substituents is 1. The predicted octanol–water partition coefficient (Wildman–Crippen LogP) is 3.34. The van der Waals surface area contributed by atoms with Gasteiger partial charge in [-0.05, 0) is 55.5 Å². The van der Waals surface area contributed by atoms with Crippen LogP contribution >= 0.6 is 15.9 Å². The molecule has 0 aliphatic rings. The Morgan fingerprint density at radius 1 is 1.09 bits per heavy atom. The smallest absolute Gasteiger partial charge is 0.338 e. The second-order valence-electron chi connectivity index (χ2n) is 4.59. The number of hydrogen-bond acceptors (Lipinski definition) is 4. The van der Waals surface area contributed by atoms with E-state index in [2.05, 4.69) is 21.2 Å². The lowest BCUT2D eigenvalue weighted by atomic mass is 10.2. The van der Waals surface area contributed by atoms with E-state index >= 15 is 0 Å². The number of nitrogens with one attached hydrogen (secondary N) is 1. The molecule has 0 bridgehead atoms. The monoisotopic (exact) mass is 363 g/mol. The summed E-state index contributed by atoms with van der Waals surface area (Å²) in [5, 5.41) is 11.8. The van der Waals surface area contributed by atoms with Gasteiger partial charge in [0.1, 0.15) is 5.75 Å². The molecule has 0 radical (unpaired) electrons. The van der Waals surface area contributed by atoms with Crippen LogP contribution in [0.2, 0.25) is 0 Å². The maximum absolute atomic E-state index is 12.0. The van der Waals surface area contributed by atoms with Crippen LogP contribution in [-0.2, 0) is 9.53 Å². The first-order valence-electron chi connectivity index (χ1n) is 6.52. The Hall–Kier alpha value is -2.34. The number of benzene rings is 2. The van der Waals surface area contributed by atoms with Gasteiger partial charge in [0.25, 0.3) is 5.91 Å². The summed E-state index contributed by atoms with van der Waals surface area (Å²) in [6, 6.07) is 12.7. The maximum atomic E-state index is 12.0. The lowest BCUT2D eigenvalue weighted by Gasteiger charge is -2.13. The molecule has 2 rings (SSSR count). The molecular formula is C16H14BrNO4. The number of carbonyl (C=O) groups is 2. The molecule has 0 aliphatic heterocycles. The molecular weight excluding hydrogens is 350 g/mol. The second kappa shape index (κ2) is 7.09. The van der Waals surface area contributed by atoms with Crippen molar-refractivity contribution in [3.63, 3.8) is 0 Å². The van der Waals surface area contributed by atoms with E-state index in [-0.39, 0.29) is 11.3 Å². The highest BCUT2D eigenvalue weighted by Crippen LogP contribution is 2.15. The first-order chi connectivity index (χ1) is 10.5. The molecule has 0 aromatic heterocycles. The standard InChI is InChI=1S/C16H14BrNO4/c1-10(15(20)18-13-6-4-12(17)5-7-13)22-16(21)11-2-8-14(19)9-3-11/h2-10,19H,1H3,(H,18,20)/t10-/m1/s1. The van der Waals surface area contributed by atoms with Crippen molar-refractivity contribution in [2.24, 2.45) is 0 Å². The largest absolute Gasteiger partial charge is 0.508 e. The van der Waals surface area contributed by atoms with Crippen molar-refractivity contribution >= 4 is 33.5 Å². The number of rotatable bonds is 4. The van der Waals surface area contributed by atoms with Crippen molar-refractivity contribution in [3.8, 4) is 5.75 Å². The molecule has 0 saturated heterocycles. The molecule has 0 heterocycles. The number of aromatic hydroxyl groups is 1. The molecule has 2 N–H and O–H groups in total. The van der Waals surface area contributed by atoms with Crippen molar-refractivity contribution < 1.29 is 19.4 Å². The van der Waals surface area contributed by atoms with Crippen molar-refractivity contribution in [1.82, 2.24) is 0 Å². The van der Waals surface area contributed by atoms with E-state index in [9.17, 15) is 14.7 Å². The number of ether oxygens (including phenoxy) is 1. The van der Waals surface area contributed by atoms with Gasteiger partial charge < -0.3 is 15.2 Å². The highest BCUT2D eigenvalue weighted by molar-refractivity contribution is 9.10. The van der Waals surface area contributed by atoms with E-state index in [0.717, 1.165) is 4.47 Å². The molecule has 0 spiro atoms. The number of carbonyl (C=O) groups excluding carboxylic acids is 2. The SMILES string of the molecule is C[C@@H](OC(=O)c1ccc(O)cc1)C(=O)Nc1ccc(Br)cc1. The number of amides is 1. The van der Waals surface area contributed by atoms with E-state index in [1.165, 1.54) is 31.2 Å². The van der Waals surface area contributed by atoms with Crippen LogP contribution in [0.1, 0.15) is 17.3 Å². The Kier molecular flexibility index (Phi) is 5.16. The Bertz CT molecular complexity index is 668. The number of hydrogen-bond donors (Lipinski definition) is 2. The highest BCUT2D eigenvalue weighted by atomic mass is 79.9. The molecule has 114 valence electrons. The number of halogens is 1. The van der Waals surface area contributed by atoms with Crippen molar-refractivity contribution in [1.29, 1.82) is 0 Å². The minimum absolute atomic E-state index is 0.0533. The molecule has 0 unspecified atom stereocenters. The summed E-state index contributed by atoms with van der Waals surface area (Å²) in [4.78, 5) is 23.9. The van der Waals surface area contributed by atoms with E-state index < -0.39 is 18.0 Å². The van der Waals surface area contributed by atoms with Gasteiger partial charge in [0, 0.05) is 10.2 Å². The molecule has 0 aliphatic carbocycles.